The molecule has 2 aromatic carbocycles. The van der Waals surface area contributed by atoms with Gasteiger partial charge in [-0.1, -0.05) is 24.3 Å². The lowest BCUT2D eigenvalue weighted by atomic mass is 10.2. The second kappa shape index (κ2) is 8.44. The van der Waals surface area contributed by atoms with Crippen molar-refractivity contribution in [2.75, 3.05) is 43.5 Å². The van der Waals surface area contributed by atoms with Crippen LogP contribution < -0.4 is 10.2 Å². The molecule has 1 aromatic heterocycles. The number of fused-ring (bicyclic) bond motifs is 1. The van der Waals surface area contributed by atoms with E-state index in [1.54, 1.807) is 29.2 Å². The molecular formula is C22H25N5O3. The maximum atomic E-state index is 12.8. The van der Waals surface area contributed by atoms with Crippen LogP contribution in [0.2, 0.25) is 0 Å². The van der Waals surface area contributed by atoms with Gasteiger partial charge in [-0.3, -0.25) is 0 Å². The van der Waals surface area contributed by atoms with Gasteiger partial charge in [-0.05, 0) is 31.2 Å². The lowest BCUT2D eigenvalue weighted by molar-refractivity contribution is 0.0602. The van der Waals surface area contributed by atoms with E-state index in [0.717, 1.165) is 23.5 Å². The number of methoxy groups -OCH3 is 1. The minimum absolute atomic E-state index is 0.227. The molecule has 2 heterocycles. The minimum Gasteiger partial charge on any atom is -0.465 e. The van der Waals surface area contributed by atoms with Gasteiger partial charge in [0.1, 0.15) is 0 Å². The number of aromatic nitrogens is 2. The van der Waals surface area contributed by atoms with Gasteiger partial charge in [0.15, 0.2) is 0 Å². The summed E-state index contributed by atoms with van der Waals surface area (Å²) < 4.78 is 7.00. The number of para-hydroxylation sites is 3. The van der Waals surface area contributed by atoms with Crippen molar-refractivity contribution in [2.45, 2.75) is 13.5 Å². The van der Waals surface area contributed by atoms with Crippen LogP contribution in [0.1, 0.15) is 17.3 Å². The first-order chi connectivity index (χ1) is 14.6. The molecule has 156 valence electrons. The van der Waals surface area contributed by atoms with Crippen LogP contribution in [0.25, 0.3) is 11.0 Å². The summed E-state index contributed by atoms with van der Waals surface area (Å²) >= 11 is 0. The SMILES string of the molecule is CCn1c(N2CCN(C(=O)Nc3ccccc3C(=O)OC)CC2)nc2ccccc21. The molecule has 1 fully saturated rings. The summed E-state index contributed by atoms with van der Waals surface area (Å²) in [7, 11) is 1.32. The third-order valence-electron chi connectivity index (χ3n) is 5.37. The highest BCUT2D eigenvalue weighted by molar-refractivity contribution is 6.00. The van der Waals surface area contributed by atoms with E-state index in [9.17, 15) is 9.59 Å². The second-order valence-corrected chi connectivity index (χ2v) is 7.09. The third kappa shape index (κ3) is 3.68. The van der Waals surface area contributed by atoms with Crippen LogP contribution in [0, 0.1) is 0 Å². The molecule has 1 N–H and O–H groups in total. The fourth-order valence-electron chi connectivity index (χ4n) is 3.80. The Labute approximate surface area is 175 Å². The molecule has 0 bridgehead atoms. The van der Waals surface area contributed by atoms with E-state index in [0.29, 0.717) is 37.4 Å². The molecular weight excluding hydrogens is 382 g/mol. The molecule has 2 amide bonds. The maximum Gasteiger partial charge on any atom is 0.339 e. The first-order valence-corrected chi connectivity index (χ1v) is 10.1. The zero-order valence-electron chi connectivity index (χ0n) is 17.2. The number of nitrogens with zero attached hydrogens (tertiary/aromatic N) is 4. The third-order valence-corrected chi connectivity index (χ3v) is 5.37. The first kappa shape index (κ1) is 19.8. The van der Waals surface area contributed by atoms with E-state index in [-0.39, 0.29) is 6.03 Å². The highest BCUT2D eigenvalue weighted by Crippen LogP contribution is 2.24. The van der Waals surface area contributed by atoms with Crippen LogP contribution in [0.15, 0.2) is 48.5 Å². The molecule has 4 rings (SSSR count). The van der Waals surface area contributed by atoms with E-state index < -0.39 is 5.97 Å². The van der Waals surface area contributed by atoms with Gasteiger partial charge in [0.2, 0.25) is 5.95 Å². The Balaban J connectivity index is 1.44. The molecule has 0 atom stereocenters. The Hall–Kier alpha value is -3.55. The van der Waals surface area contributed by atoms with Crippen LogP contribution in [0.5, 0.6) is 0 Å². The number of nitrogens with one attached hydrogen (secondary N) is 1. The van der Waals surface area contributed by atoms with Crippen molar-refractivity contribution in [1.29, 1.82) is 0 Å². The topological polar surface area (TPSA) is 79.7 Å². The fraction of sp³-hybridized carbons (Fsp3) is 0.318. The Bertz CT molecular complexity index is 1070. The number of hydrogen-bond acceptors (Lipinski definition) is 5. The largest absolute Gasteiger partial charge is 0.465 e. The number of urea groups is 1. The Morgan fingerprint density at radius 3 is 2.47 bits per heavy atom. The average Bonchev–Trinajstić information content (AvgIpc) is 3.17. The van der Waals surface area contributed by atoms with Gasteiger partial charge < -0.3 is 24.4 Å². The normalized spacial score (nSPS) is 14.1. The number of anilines is 2. The number of carbonyl (C=O) groups is 2. The molecule has 3 aromatic rings. The number of carbonyl (C=O) groups excluding carboxylic acids is 2. The van der Waals surface area contributed by atoms with Crippen LogP contribution >= 0.6 is 0 Å². The second-order valence-electron chi connectivity index (χ2n) is 7.09. The van der Waals surface area contributed by atoms with Gasteiger partial charge in [-0.25, -0.2) is 14.6 Å². The van der Waals surface area contributed by atoms with Gasteiger partial charge in [-0.2, -0.15) is 0 Å². The number of ether oxygens (including phenoxy) is 1. The van der Waals surface area contributed by atoms with Gasteiger partial charge in [0, 0.05) is 32.7 Å². The molecule has 0 radical (unpaired) electrons. The zero-order chi connectivity index (χ0) is 21.1. The number of amides is 2. The molecule has 1 aliphatic rings. The van der Waals surface area contributed by atoms with Crippen molar-refractivity contribution in [3.05, 3.63) is 54.1 Å². The van der Waals surface area contributed by atoms with Crippen molar-refractivity contribution in [3.63, 3.8) is 0 Å². The number of benzene rings is 2. The van der Waals surface area contributed by atoms with Gasteiger partial charge in [0.25, 0.3) is 0 Å². The van der Waals surface area contributed by atoms with Gasteiger partial charge in [-0.15, -0.1) is 0 Å². The number of piperazine rings is 1. The van der Waals surface area contributed by atoms with E-state index in [4.69, 9.17) is 9.72 Å². The quantitative estimate of drug-likeness (QED) is 0.672. The Morgan fingerprint density at radius 1 is 1.03 bits per heavy atom. The number of imidazole rings is 1. The predicted molar refractivity (Wildman–Crippen MR) is 116 cm³/mol. The maximum absolute atomic E-state index is 12.8. The molecule has 0 unspecified atom stereocenters. The predicted octanol–water partition coefficient (Wildman–Crippen LogP) is 3.20. The first-order valence-electron chi connectivity index (χ1n) is 10.1. The number of esters is 1. The van der Waals surface area contributed by atoms with Crippen molar-refractivity contribution < 1.29 is 14.3 Å². The van der Waals surface area contributed by atoms with Gasteiger partial charge in [0.05, 0.1) is 29.4 Å². The summed E-state index contributed by atoms with van der Waals surface area (Å²) in [5, 5.41) is 2.84. The smallest absolute Gasteiger partial charge is 0.339 e. The number of rotatable bonds is 4. The summed E-state index contributed by atoms with van der Waals surface area (Å²) in [6.07, 6.45) is 0. The molecule has 0 saturated carbocycles. The number of aryl methyl sites for hydroxylation is 1. The van der Waals surface area contributed by atoms with E-state index in [2.05, 4.69) is 27.8 Å². The minimum atomic E-state index is -0.478. The van der Waals surface area contributed by atoms with Crippen molar-refractivity contribution in [2.24, 2.45) is 0 Å². The molecule has 1 aliphatic heterocycles. The van der Waals surface area contributed by atoms with Crippen LogP contribution in [0.4, 0.5) is 16.4 Å². The van der Waals surface area contributed by atoms with E-state index >= 15 is 0 Å². The Kier molecular flexibility index (Phi) is 5.56. The molecule has 0 spiro atoms. The Morgan fingerprint density at radius 2 is 1.73 bits per heavy atom. The fourth-order valence-corrected chi connectivity index (χ4v) is 3.80. The monoisotopic (exact) mass is 407 g/mol. The molecule has 8 heteroatoms. The number of hydrogen-bond donors (Lipinski definition) is 1. The molecule has 8 nitrogen and oxygen atoms in total. The lowest BCUT2D eigenvalue weighted by Gasteiger charge is -2.35. The van der Waals surface area contributed by atoms with Crippen LogP contribution in [-0.4, -0.2) is 59.7 Å². The summed E-state index contributed by atoms with van der Waals surface area (Å²) in [4.78, 5) is 33.5. The van der Waals surface area contributed by atoms with Crippen LogP contribution in [-0.2, 0) is 11.3 Å². The summed E-state index contributed by atoms with van der Waals surface area (Å²) in [6, 6.07) is 14.7. The van der Waals surface area contributed by atoms with E-state index in [1.807, 2.05) is 18.2 Å². The highest BCUT2D eigenvalue weighted by Gasteiger charge is 2.25. The molecule has 0 aliphatic carbocycles. The lowest BCUT2D eigenvalue weighted by Crippen LogP contribution is -2.50. The van der Waals surface area contributed by atoms with Gasteiger partial charge >= 0.3 is 12.0 Å². The summed E-state index contributed by atoms with van der Waals surface area (Å²) in [6.45, 7) is 5.46. The summed E-state index contributed by atoms with van der Waals surface area (Å²) in [5.41, 5.74) is 2.89. The standard InChI is InChI=1S/C22H25N5O3/c1-3-27-19-11-7-6-10-18(19)23-21(27)25-12-14-26(15-13-25)22(29)24-17-9-5-4-8-16(17)20(28)30-2/h4-11H,3,12-15H2,1-2H3,(H,24,29). The van der Waals surface area contributed by atoms with E-state index in [1.165, 1.54) is 7.11 Å². The van der Waals surface area contributed by atoms with Crippen LogP contribution in [0.3, 0.4) is 0 Å². The summed E-state index contributed by atoms with van der Waals surface area (Å²) in [5.74, 6) is 0.462. The van der Waals surface area contributed by atoms with Crippen molar-refractivity contribution in [1.82, 2.24) is 14.5 Å². The highest BCUT2D eigenvalue weighted by atomic mass is 16.5. The zero-order valence-corrected chi connectivity index (χ0v) is 17.2. The van der Waals surface area contributed by atoms with Crippen molar-refractivity contribution in [3.8, 4) is 0 Å². The average molecular weight is 407 g/mol. The van der Waals surface area contributed by atoms with Crippen molar-refractivity contribution >= 4 is 34.7 Å². The molecule has 1 saturated heterocycles. The molecule has 30 heavy (non-hydrogen) atoms.